The number of anilines is 1. The van der Waals surface area contributed by atoms with E-state index in [0.717, 1.165) is 22.8 Å². The highest BCUT2D eigenvalue weighted by molar-refractivity contribution is 7.10. The molecule has 2 aromatic rings. The van der Waals surface area contributed by atoms with Gasteiger partial charge >= 0.3 is 6.18 Å². The van der Waals surface area contributed by atoms with Gasteiger partial charge in [-0.15, -0.1) is 6.42 Å². The summed E-state index contributed by atoms with van der Waals surface area (Å²) in [6, 6.07) is 4.95. The van der Waals surface area contributed by atoms with Crippen LogP contribution < -0.4 is 10.6 Å². The van der Waals surface area contributed by atoms with Crippen molar-refractivity contribution in [1.82, 2.24) is 14.7 Å². The Balaban J connectivity index is 1.72. The zero-order valence-electron chi connectivity index (χ0n) is 18.5. The number of aliphatic imine (C=N–C) groups is 1. The van der Waals surface area contributed by atoms with Gasteiger partial charge in [0.05, 0.1) is 17.9 Å². The second-order valence-electron chi connectivity index (χ2n) is 7.59. The third-order valence-corrected chi connectivity index (χ3v) is 5.99. The molecule has 2 N–H and O–H groups in total. The number of nitrogens with one attached hydrogen (secondary N) is 2. The minimum atomic E-state index is -4.78. The number of terminal acetylenes is 1. The summed E-state index contributed by atoms with van der Waals surface area (Å²) in [7, 11) is 0. The van der Waals surface area contributed by atoms with Crippen molar-refractivity contribution in [2.45, 2.75) is 31.9 Å². The van der Waals surface area contributed by atoms with E-state index in [1.165, 1.54) is 17.6 Å². The molecule has 0 bridgehead atoms. The molecule has 1 atom stereocenters. The average molecular weight is 493 g/mol. The van der Waals surface area contributed by atoms with Crippen molar-refractivity contribution in [3.8, 4) is 12.3 Å². The van der Waals surface area contributed by atoms with Gasteiger partial charge in [0.2, 0.25) is 0 Å². The van der Waals surface area contributed by atoms with Crippen molar-refractivity contribution >= 4 is 29.1 Å². The maximum atomic E-state index is 13.8. The number of hydrogen-bond acceptors (Lipinski definition) is 6. The van der Waals surface area contributed by atoms with Crippen LogP contribution in [0.25, 0.3) is 0 Å². The molecule has 1 aliphatic heterocycles. The molecule has 1 fully saturated rings. The monoisotopic (exact) mass is 492 g/mol. The van der Waals surface area contributed by atoms with Crippen LogP contribution in [0.3, 0.4) is 0 Å². The lowest BCUT2D eigenvalue weighted by molar-refractivity contribution is -0.140. The van der Waals surface area contributed by atoms with Crippen LogP contribution in [0.4, 0.5) is 22.6 Å². The van der Waals surface area contributed by atoms with Crippen molar-refractivity contribution in [2.24, 2.45) is 10.1 Å². The van der Waals surface area contributed by atoms with Gasteiger partial charge in [0, 0.05) is 37.5 Å². The summed E-state index contributed by atoms with van der Waals surface area (Å²) < 4.78 is 57.6. The van der Waals surface area contributed by atoms with E-state index in [9.17, 15) is 17.6 Å². The Morgan fingerprint density at radius 3 is 2.85 bits per heavy atom. The molecule has 0 aliphatic carbocycles. The van der Waals surface area contributed by atoms with Crippen LogP contribution in [-0.2, 0) is 6.18 Å². The molecule has 2 heterocycles. The molecule has 3 rings (SSSR count). The molecule has 0 amide bonds. The van der Waals surface area contributed by atoms with Crippen LogP contribution in [0, 0.1) is 25.1 Å². The molecule has 34 heavy (non-hydrogen) atoms. The molecule has 6 nitrogen and oxygen atoms in total. The van der Waals surface area contributed by atoms with E-state index in [2.05, 4.69) is 37.7 Å². The number of halogens is 4. The number of aryl methyl sites for hydroxylation is 1. The van der Waals surface area contributed by atoms with Gasteiger partial charge in [-0.05, 0) is 55.1 Å². The highest BCUT2D eigenvalue weighted by atomic mass is 32.1. The highest BCUT2D eigenvalue weighted by Crippen LogP contribution is 2.36. The first-order valence-electron chi connectivity index (χ1n) is 10.4. The number of hydrazone groups is 1. The van der Waals surface area contributed by atoms with Crippen molar-refractivity contribution in [3.05, 3.63) is 58.7 Å². The summed E-state index contributed by atoms with van der Waals surface area (Å²) in [5.74, 6) is 1.28. The average Bonchev–Trinajstić information content (AvgIpc) is 3.23. The van der Waals surface area contributed by atoms with Gasteiger partial charge in [-0.1, -0.05) is 12.0 Å². The summed E-state index contributed by atoms with van der Waals surface area (Å²) in [5, 5.41) is 12.6. The van der Waals surface area contributed by atoms with Crippen molar-refractivity contribution in [3.63, 3.8) is 0 Å². The first-order chi connectivity index (χ1) is 16.2. The predicted molar refractivity (Wildman–Crippen MR) is 127 cm³/mol. The molecule has 1 aromatic carbocycles. The Kier molecular flexibility index (Phi) is 8.41. The normalized spacial score (nSPS) is 18.1. The molecule has 1 aliphatic rings. The molecule has 1 saturated heterocycles. The number of rotatable bonds is 8. The number of amidine groups is 1. The molecule has 180 valence electrons. The third-order valence-electron chi connectivity index (χ3n) is 5.18. The second-order valence-corrected chi connectivity index (χ2v) is 8.39. The van der Waals surface area contributed by atoms with Crippen LogP contribution in [-0.4, -0.2) is 41.7 Å². The smallest absolute Gasteiger partial charge is 0.351 e. The van der Waals surface area contributed by atoms with E-state index in [-0.39, 0.29) is 6.67 Å². The fraction of sp³-hybridized carbons (Fsp3) is 0.348. The number of aromatic nitrogens is 1. The van der Waals surface area contributed by atoms with E-state index in [1.807, 2.05) is 13.0 Å². The molecular weight excluding hydrogens is 468 g/mol. The summed E-state index contributed by atoms with van der Waals surface area (Å²) in [6.45, 7) is 6.48. The first kappa shape index (κ1) is 25.4. The topological polar surface area (TPSA) is 64.9 Å². The Morgan fingerprint density at radius 2 is 2.21 bits per heavy atom. The molecule has 0 saturated carbocycles. The summed E-state index contributed by atoms with van der Waals surface area (Å²) in [4.78, 5) is 4.53. The Labute approximate surface area is 199 Å². The van der Waals surface area contributed by atoms with Crippen LogP contribution in [0.5, 0.6) is 0 Å². The van der Waals surface area contributed by atoms with E-state index in [4.69, 9.17) is 6.42 Å². The van der Waals surface area contributed by atoms with Crippen molar-refractivity contribution in [1.29, 1.82) is 0 Å². The summed E-state index contributed by atoms with van der Waals surface area (Å²) >= 11 is 1.32. The van der Waals surface area contributed by atoms with Gasteiger partial charge in [0.1, 0.15) is 16.7 Å². The predicted octanol–water partition coefficient (Wildman–Crippen LogP) is 4.98. The third kappa shape index (κ3) is 6.42. The lowest BCUT2D eigenvalue weighted by Gasteiger charge is -2.32. The number of benzene rings is 1. The molecule has 0 radical (unpaired) electrons. The molecule has 0 spiro atoms. The molecule has 11 heteroatoms. The van der Waals surface area contributed by atoms with Crippen LogP contribution >= 0.6 is 11.5 Å². The maximum Gasteiger partial charge on any atom is 0.419 e. The van der Waals surface area contributed by atoms with Crippen molar-refractivity contribution < 1.29 is 17.6 Å². The van der Waals surface area contributed by atoms with Gasteiger partial charge in [0.25, 0.3) is 0 Å². The van der Waals surface area contributed by atoms with Gasteiger partial charge in [-0.25, -0.2) is 4.39 Å². The number of nitrogens with zero attached hydrogens (tertiary/aromatic N) is 4. The molecule has 1 aromatic heterocycles. The fourth-order valence-electron chi connectivity index (χ4n) is 3.56. The number of piperidine rings is 1. The standard InChI is InChI=1S/C23H24F4N6S/c1-4-16(13-30-21-10-15(2)32-34-21)12-29-14-31-22-18(6-5-9-33(22)28-3)17-7-8-20(24)19(11-17)23(25,26)27/h1,7-8,10-11,13,18,29-30H,3,5-6,9,12,14H2,2H3/b16-13+,31-22-. The van der Waals surface area contributed by atoms with Gasteiger partial charge in [-0.3, -0.25) is 15.3 Å². The zero-order valence-corrected chi connectivity index (χ0v) is 19.3. The number of hydrogen-bond donors (Lipinski definition) is 2. The van der Waals surface area contributed by atoms with Gasteiger partial charge in [0.15, 0.2) is 0 Å². The largest absolute Gasteiger partial charge is 0.419 e. The van der Waals surface area contributed by atoms with Crippen LogP contribution in [0.2, 0.25) is 0 Å². The van der Waals surface area contributed by atoms with E-state index < -0.39 is 23.5 Å². The zero-order chi connectivity index (χ0) is 24.7. The molecule has 1 unspecified atom stereocenters. The first-order valence-corrected chi connectivity index (χ1v) is 11.2. The second kappa shape index (κ2) is 11.3. The van der Waals surface area contributed by atoms with Crippen LogP contribution in [0.1, 0.15) is 35.6 Å². The lowest BCUT2D eigenvalue weighted by Crippen LogP contribution is -2.37. The Morgan fingerprint density at radius 1 is 1.41 bits per heavy atom. The van der Waals surface area contributed by atoms with Crippen molar-refractivity contribution in [2.75, 3.05) is 25.1 Å². The summed E-state index contributed by atoms with van der Waals surface area (Å²) in [5.41, 5.74) is 0.592. The number of alkyl halides is 3. The van der Waals surface area contributed by atoms with Gasteiger partial charge in [-0.2, -0.15) is 22.6 Å². The van der Waals surface area contributed by atoms with Gasteiger partial charge < -0.3 is 5.32 Å². The lowest BCUT2D eigenvalue weighted by atomic mass is 9.89. The minimum Gasteiger partial charge on any atom is -0.351 e. The Hall–Kier alpha value is -3.23. The van der Waals surface area contributed by atoms with E-state index in [1.54, 1.807) is 11.2 Å². The fourth-order valence-corrected chi connectivity index (χ4v) is 4.19. The van der Waals surface area contributed by atoms with E-state index in [0.29, 0.717) is 42.9 Å². The molecular formula is C23H24F4N6S. The summed E-state index contributed by atoms with van der Waals surface area (Å²) in [6.07, 6.45) is 3.72. The SMILES string of the molecule is C#C/C(=C\Nc1cc(C)ns1)CNC/N=C1/C(c2ccc(F)c(C(F)(F)F)c2)CCCN1N=C. The Bertz CT molecular complexity index is 1120. The highest BCUT2D eigenvalue weighted by Gasteiger charge is 2.36. The quantitative estimate of drug-likeness (QED) is 0.236. The maximum absolute atomic E-state index is 13.8. The minimum absolute atomic E-state index is 0.157. The van der Waals surface area contributed by atoms with Crippen LogP contribution in [0.15, 0.2) is 46.1 Å². The van der Waals surface area contributed by atoms with E-state index >= 15 is 0 Å².